The number of imidazole rings is 1. The predicted molar refractivity (Wildman–Crippen MR) is 110 cm³/mol. The van der Waals surface area contributed by atoms with Gasteiger partial charge in [-0.05, 0) is 43.0 Å². The van der Waals surface area contributed by atoms with E-state index in [0.29, 0.717) is 5.92 Å². The number of carbonyl (C=O) groups is 1. The summed E-state index contributed by atoms with van der Waals surface area (Å²) in [5.41, 5.74) is 5.21. The van der Waals surface area contributed by atoms with E-state index in [1.807, 2.05) is 61.9 Å². The van der Waals surface area contributed by atoms with Gasteiger partial charge in [0.2, 0.25) is 5.91 Å². The molecule has 0 aliphatic carbocycles. The lowest BCUT2D eigenvalue weighted by Crippen LogP contribution is -2.24. The van der Waals surface area contributed by atoms with Crippen LogP contribution in [0.2, 0.25) is 0 Å². The van der Waals surface area contributed by atoms with Crippen molar-refractivity contribution in [1.82, 2.24) is 9.55 Å². The summed E-state index contributed by atoms with van der Waals surface area (Å²) in [6.07, 6.45) is 0. The summed E-state index contributed by atoms with van der Waals surface area (Å²) in [4.78, 5) is 17.5. The molecule has 26 heavy (non-hydrogen) atoms. The first kappa shape index (κ1) is 18.5. The van der Waals surface area contributed by atoms with Crippen molar-refractivity contribution in [2.75, 3.05) is 5.32 Å². The van der Waals surface area contributed by atoms with E-state index in [2.05, 4.69) is 30.2 Å². The predicted octanol–water partition coefficient (Wildman–Crippen LogP) is 5.12. The zero-order valence-corrected chi connectivity index (χ0v) is 16.7. The van der Waals surface area contributed by atoms with Crippen LogP contribution in [0.5, 0.6) is 0 Å². The third-order valence-corrected chi connectivity index (χ3v) is 5.72. The second kappa shape index (κ2) is 7.54. The number of thioether (sulfide) groups is 1. The van der Waals surface area contributed by atoms with Gasteiger partial charge in [0.25, 0.3) is 0 Å². The summed E-state index contributed by atoms with van der Waals surface area (Å²) in [5, 5.41) is 3.74. The lowest BCUT2D eigenvalue weighted by atomic mass is 9.98. The Labute approximate surface area is 159 Å². The van der Waals surface area contributed by atoms with Gasteiger partial charge in [-0.3, -0.25) is 4.79 Å². The highest BCUT2D eigenvalue weighted by Crippen LogP contribution is 2.30. The van der Waals surface area contributed by atoms with Crippen LogP contribution in [0, 0.1) is 6.92 Å². The van der Waals surface area contributed by atoms with E-state index < -0.39 is 0 Å². The van der Waals surface area contributed by atoms with Gasteiger partial charge < -0.3 is 9.88 Å². The topological polar surface area (TPSA) is 46.9 Å². The molecular weight excluding hydrogens is 342 g/mol. The fourth-order valence-electron chi connectivity index (χ4n) is 3.01. The van der Waals surface area contributed by atoms with Gasteiger partial charge in [0.15, 0.2) is 5.16 Å². The summed E-state index contributed by atoms with van der Waals surface area (Å²) < 4.78 is 2.04. The quantitative estimate of drug-likeness (QED) is 0.636. The zero-order valence-electron chi connectivity index (χ0n) is 15.9. The zero-order chi connectivity index (χ0) is 18.8. The van der Waals surface area contributed by atoms with Crippen LogP contribution in [-0.4, -0.2) is 20.7 Å². The van der Waals surface area contributed by atoms with Crippen molar-refractivity contribution in [2.45, 2.75) is 44.0 Å². The molecule has 0 aliphatic heterocycles. The fourth-order valence-corrected chi connectivity index (χ4v) is 3.90. The largest absolute Gasteiger partial charge is 0.325 e. The molecule has 0 spiro atoms. The Hall–Kier alpha value is -2.27. The monoisotopic (exact) mass is 367 g/mol. The minimum Gasteiger partial charge on any atom is -0.325 e. The number of aromatic nitrogens is 2. The molecule has 5 heteroatoms. The molecule has 2 aromatic carbocycles. The highest BCUT2D eigenvalue weighted by molar-refractivity contribution is 8.00. The summed E-state index contributed by atoms with van der Waals surface area (Å²) in [6, 6.07) is 14.2. The number of fused-ring (bicyclic) bond motifs is 1. The van der Waals surface area contributed by atoms with Gasteiger partial charge >= 0.3 is 0 Å². The number of hydrogen-bond acceptors (Lipinski definition) is 3. The highest BCUT2D eigenvalue weighted by Gasteiger charge is 2.20. The Morgan fingerprint density at radius 3 is 2.54 bits per heavy atom. The van der Waals surface area contributed by atoms with Crippen molar-refractivity contribution in [1.29, 1.82) is 0 Å². The lowest BCUT2D eigenvalue weighted by molar-refractivity contribution is -0.115. The highest BCUT2D eigenvalue weighted by atomic mass is 32.2. The second-order valence-electron chi connectivity index (χ2n) is 6.89. The Morgan fingerprint density at radius 1 is 1.12 bits per heavy atom. The molecular formula is C21H25N3OS. The van der Waals surface area contributed by atoms with E-state index in [9.17, 15) is 4.79 Å². The Balaban J connectivity index is 1.79. The summed E-state index contributed by atoms with van der Waals surface area (Å²) in [5.74, 6) is 0.353. The Bertz CT molecular complexity index is 946. The average molecular weight is 368 g/mol. The van der Waals surface area contributed by atoms with Gasteiger partial charge in [0.05, 0.1) is 16.3 Å². The Kier molecular flexibility index (Phi) is 5.37. The van der Waals surface area contributed by atoms with Crippen LogP contribution >= 0.6 is 11.8 Å². The van der Waals surface area contributed by atoms with Crippen LogP contribution in [0.3, 0.4) is 0 Å². The molecule has 3 rings (SSSR count). The van der Waals surface area contributed by atoms with Crippen LogP contribution in [0.4, 0.5) is 5.69 Å². The first-order valence-electron chi connectivity index (χ1n) is 8.87. The van der Waals surface area contributed by atoms with Crippen LogP contribution < -0.4 is 5.32 Å². The van der Waals surface area contributed by atoms with Crippen molar-refractivity contribution in [2.24, 2.45) is 7.05 Å². The molecule has 1 amide bonds. The van der Waals surface area contributed by atoms with Gasteiger partial charge in [-0.15, -0.1) is 0 Å². The maximum atomic E-state index is 12.8. The molecule has 1 atom stereocenters. The molecule has 3 aromatic rings. The minimum atomic E-state index is -0.245. The van der Waals surface area contributed by atoms with Crippen molar-refractivity contribution in [3.05, 3.63) is 53.6 Å². The fraction of sp³-hybridized carbons (Fsp3) is 0.333. The molecule has 1 N–H and O–H groups in total. The molecule has 0 aliphatic rings. The van der Waals surface area contributed by atoms with E-state index >= 15 is 0 Å². The van der Waals surface area contributed by atoms with Crippen molar-refractivity contribution >= 4 is 34.4 Å². The van der Waals surface area contributed by atoms with Crippen LogP contribution in [0.1, 0.15) is 37.8 Å². The normalized spacial score (nSPS) is 12.5. The summed E-state index contributed by atoms with van der Waals surface area (Å²) in [6.45, 7) is 8.24. The number of amides is 1. The van der Waals surface area contributed by atoms with E-state index in [1.54, 1.807) is 0 Å². The van der Waals surface area contributed by atoms with Gasteiger partial charge in [-0.2, -0.15) is 0 Å². The maximum absolute atomic E-state index is 12.8. The van der Waals surface area contributed by atoms with Crippen LogP contribution in [-0.2, 0) is 11.8 Å². The van der Waals surface area contributed by atoms with Gasteiger partial charge in [0, 0.05) is 12.7 Å². The third-order valence-electron chi connectivity index (χ3n) is 4.57. The molecule has 4 nitrogen and oxygen atoms in total. The van der Waals surface area contributed by atoms with Crippen molar-refractivity contribution in [3.8, 4) is 0 Å². The third kappa shape index (κ3) is 3.63. The molecule has 0 saturated carbocycles. The molecule has 136 valence electrons. The van der Waals surface area contributed by atoms with E-state index in [4.69, 9.17) is 0 Å². The van der Waals surface area contributed by atoms with Crippen LogP contribution in [0.15, 0.2) is 47.6 Å². The SMILES string of the molecule is Cc1cccc(C(C)C)c1NC(=O)C(C)Sc1nc2ccccc2n1C. The number of para-hydroxylation sites is 3. The van der Waals surface area contributed by atoms with Crippen LogP contribution in [0.25, 0.3) is 11.0 Å². The van der Waals surface area contributed by atoms with Crippen molar-refractivity contribution < 1.29 is 4.79 Å². The molecule has 0 bridgehead atoms. The molecule has 0 radical (unpaired) electrons. The Morgan fingerprint density at radius 2 is 1.85 bits per heavy atom. The van der Waals surface area contributed by atoms with Gasteiger partial charge in [-0.25, -0.2) is 4.98 Å². The first-order valence-corrected chi connectivity index (χ1v) is 9.75. The lowest BCUT2D eigenvalue weighted by Gasteiger charge is -2.18. The number of nitrogens with zero attached hydrogens (tertiary/aromatic N) is 2. The number of benzene rings is 2. The second-order valence-corrected chi connectivity index (χ2v) is 8.19. The maximum Gasteiger partial charge on any atom is 0.237 e. The van der Waals surface area contributed by atoms with Gasteiger partial charge in [-0.1, -0.05) is 55.9 Å². The molecule has 1 unspecified atom stereocenters. The first-order chi connectivity index (χ1) is 12.4. The van der Waals surface area contributed by atoms with Gasteiger partial charge in [0.1, 0.15) is 0 Å². The molecule has 1 heterocycles. The average Bonchev–Trinajstić information content (AvgIpc) is 2.92. The standard InChI is InChI=1S/C21H25N3OS/c1-13(2)16-10-8-9-14(3)19(16)23-20(25)15(4)26-21-22-17-11-6-7-12-18(17)24(21)5/h6-13,15H,1-5H3,(H,23,25). The van der Waals surface area contributed by atoms with E-state index in [1.165, 1.54) is 17.3 Å². The van der Waals surface area contributed by atoms with E-state index in [-0.39, 0.29) is 11.2 Å². The minimum absolute atomic E-state index is 0.00161. The molecule has 0 fully saturated rings. The number of rotatable bonds is 5. The molecule has 0 saturated heterocycles. The number of anilines is 1. The number of nitrogens with one attached hydrogen (secondary N) is 1. The smallest absolute Gasteiger partial charge is 0.237 e. The number of aryl methyl sites for hydroxylation is 2. The van der Waals surface area contributed by atoms with Crippen molar-refractivity contribution in [3.63, 3.8) is 0 Å². The summed E-state index contributed by atoms with van der Waals surface area (Å²) in [7, 11) is 1.99. The number of carbonyl (C=O) groups excluding carboxylic acids is 1. The summed E-state index contributed by atoms with van der Waals surface area (Å²) >= 11 is 1.48. The molecule has 1 aromatic heterocycles. The number of hydrogen-bond donors (Lipinski definition) is 1. The van der Waals surface area contributed by atoms with E-state index in [0.717, 1.165) is 27.4 Å².